The maximum Gasteiger partial charge on any atom is 0.191 e. The molecule has 0 radical (unpaired) electrons. The second-order valence-corrected chi connectivity index (χ2v) is 5.10. The van der Waals surface area contributed by atoms with Crippen LogP contribution in [0.5, 0.6) is 0 Å². The van der Waals surface area contributed by atoms with Gasteiger partial charge in [0, 0.05) is 25.2 Å². The van der Waals surface area contributed by atoms with Gasteiger partial charge in [-0.15, -0.1) is 0 Å². The van der Waals surface area contributed by atoms with Crippen molar-refractivity contribution < 1.29 is 0 Å². The topological polar surface area (TPSA) is 67.1 Å². The fraction of sp³-hybridized carbons (Fsp3) is 0.667. The lowest BCUT2D eigenvalue weighted by Gasteiger charge is -2.23. The van der Waals surface area contributed by atoms with Crippen molar-refractivity contribution in [3.05, 3.63) is 6.07 Å². The molecule has 102 valence electrons. The zero-order valence-corrected chi connectivity index (χ0v) is 12.4. The van der Waals surface area contributed by atoms with Gasteiger partial charge in [0.15, 0.2) is 5.16 Å². The predicted molar refractivity (Wildman–Crippen MR) is 79.1 cm³/mol. The lowest BCUT2D eigenvalue weighted by atomic mass is 10.2. The largest absolute Gasteiger partial charge is 0.383 e. The van der Waals surface area contributed by atoms with Crippen LogP contribution in [0.25, 0.3) is 0 Å². The first-order chi connectivity index (χ1) is 8.56. The highest BCUT2D eigenvalue weighted by Crippen LogP contribution is 2.14. The lowest BCUT2D eigenvalue weighted by Crippen LogP contribution is -2.32. The van der Waals surface area contributed by atoms with Crippen LogP contribution in [0.2, 0.25) is 0 Å². The minimum atomic E-state index is 0.507. The van der Waals surface area contributed by atoms with Gasteiger partial charge in [-0.05, 0) is 26.6 Å². The molecule has 0 aliphatic heterocycles. The van der Waals surface area contributed by atoms with Crippen LogP contribution in [0, 0.1) is 0 Å². The first kappa shape index (κ1) is 15.0. The zero-order chi connectivity index (χ0) is 13.5. The van der Waals surface area contributed by atoms with Crippen LogP contribution in [0.3, 0.4) is 0 Å². The van der Waals surface area contributed by atoms with E-state index in [0.717, 1.165) is 25.3 Å². The minimum Gasteiger partial charge on any atom is -0.383 e. The summed E-state index contributed by atoms with van der Waals surface area (Å²) in [5, 5.41) is 3.99. The Kier molecular flexibility index (Phi) is 6.21. The molecule has 0 spiro atoms. The summed E-state index contributed by atoms with van der Waals surface area (Å²) in [5.74, 6) is 1.30. The molecule has 1 atom stereocenters. The van der Waals surface area contributed by atoms with Crippen LogP contribution >= 0.6 is 11.8 Å². The molecule has 0 aromatic carbocycles. The average molecular weight is 269 g/mol. The smallest absolute Gasteiger partial charge is 0.191 e. The zero-order valence-electron chi connectivity index (χ0n) is 11.6. The van der Waals surface area contributed by atoms with Gasteiger partial charge in [0.2, 0.25) is 0 Å². The van der Waals surface area contributed by atoms with Crippen molar-refractivity contribution in [1.82, 2.24) is 14.9 Å². The Labute approximate surface area is 114 Å². The molecule has 0 aliphatic rings. The Balaban J connectivity index is 2.46. The van der Waals surface area contributed by atoms with Gasteiger partial charge in [-0.3, -0.25) is 0 Å². The van der Waals surface area contributed by atoms with Gasteiger partial charge in [0.1, 0.15) is 11.6 Å². The van der Waals surface area contributed by atoms with Crippen LogP contribution in [-0.4, -0.2) is 47.3 Å². The summed E-state index contributed by atoms with van der Waals surface area (Å²) in [6.45, 7) is 6.26. The van der Waals surface area contributed by atoms with E-state index in [1.54, 1.807) is 6.07 Å². The van der Waals surface area contributed by atoms with E-state index in [4.69, 9.17) is 5.73 Å². The van der Waals surface area contributed by atoms with Crippen molar-refractivity contribution >= 4 is 23.4 Å². The van der Waals surface area contributed by atoms with Crippen LogP contribution in [0.4, 0.5) is 11.6 Å². The molecule has 18 heavy (non-hydrogen) atoms. The van der Waals surface area contributed by atoms with Crippen LogP contribution in [0.15, 0.2) is 11.2 Å². The maximum atomic E-state index is 5.72. The van der Waals surface area contributed by atoms with Gasteiger partial charge < -0.3 is 16.0 Å². The highest BCUT2D eigenvalue weighted by Gasteiger charge is 2.06. The monoisotopic (exact) mass is 269 g/mol. The molecular weight excluding hydrogens is 246 g/mol. The molecule has 1 aromatic heterocycles. The van der Waals surface area contributed by atoms with E-state index in [1.807, 2.05) is 6.26 Å². The van der Waals surface area contributed by atoms with Crippen LogP contribution in [0.1, 0.15) is 20.3 Å². The fourth-order valence-electron chi connectivity index (χ4n) is 1.52. The van der Waals surface area contributed by atoms with Crippen molar-refractivity contribution in [3.8, 4) is 0 Å². The van der Waals surface area contributed by atoms with Crippen molar-refractivity contribution in [3.63, 3.8) is 0 Å². The van der Waals surface area contributed by atoms with E-state index in [2.05, 4.69) is 41.1 Å². The van der Waals surface area contributed by atoms with Crippen LogP contribution < -0.4 is 11.1 Å². The molecule has 0 saturated heterocycles. The van der Waals surface area contributed by atoms with Crippen molar-refractivity contribution in [1.29, 1.82) is 0 Å². The summed E-state index contributed by atoms with van der Waals surface area (Å²) < 4.78 is 0. The highest BCUT2D eigenvalue weighted by atomic mass is 32.2. The molecule has 0 aliphatic carbocycles. The van der Waals surface area contributed by atoms with Gasteiger partial charge >= 0.3 is 0 Å². The molecule has 1 rings (SSSR count). The van der Waals surface area contributed by atoms with Crippen molar-refractivity contribution in [2.45, 2.75) is 31.5 Å². The number of aromatic nitrogens is 2. The summed E-state index contributed by atoms with van der Waals surface area (Å²) in [6, 6.07) is 2.37. The summed E-state index contributed by atoms with van der Waals surface area (Å²) in [7, 11) is 2.14. The molecule has 0 amide bonds. The summed E-state index contributed by atoms with van der Waals surface area (Å²) in [6.07, 6.45) is 3.10. The van der Waals surface area contributed by atoms with E-state index in [0.29, 0.717) is 17.0 Å². The molecule has 0 bridgehead atoms. The van der Waals surface area contributed by atoms with Crippen molar-refractivity contribution in [2.24, 2.45) is 0 Å². The number of anilines is 2. The summed E-state index contributed by atoms with van der Waals surface area (Å²) in [5.41, 5.74) is 5.72. The number of nitrogens with one attached hydrogen (secondary N) is 1. The number of rotatable bonds is 7. The highest BCUT2D eigenvalue weighted by molar-refractivity contribution is 7.98. The normalized spacial score (nSPS) is 12.7. The van der Waals surface area contributed by atoms with E-state index >= 15 is 0 Å². The molecule has 6 heteroatoms. The number of likely N-dealkylation sites (N-methyl/N-ethyl adjacent to an activating group) is 1. The molecule has 5 nitrogen and oxygen atoms in total. The third-order valence-electron chi connectivity index (χ3n) is 3.02. The molecule has 1 unspecified atom stereocenters. The van der Waals surface area contributed by atoms with Gasteiger partial charge in [-0.25, -0.2) is 9.97 Å². The third-order valence-corrected chi connectivity index (χ3v) is 3.57. The minimum absolute atomic E-state index is 0.507. The number of nitrogens with zero attached hydrogens (tertiary/aromatic N) is 3. The Morgan fingerprint density at radius 1 is 1.50 bits per heavy atom. The first-order valence-electron chi connectivity index (χ1n) is 6.19. The predicted octanol–water partition coefficient (Wildman–Crippen LogP) is 1.92. The Morgan fingerprint density at radius 3 is 2.83 bits per heavy atom. The number of hydrogen-bond donors (Lipinski definition) is 2. The van der Waals surface area contributed by atoms with Gasteiger partial charge in [-0.2, -0.15) is 0 Å². The second kappa shape index (κ2) is 7.43. The number of hydrogen-bond acceptors (Lipinski definition) is 6. The van der Waals surface area contributed by atoms with E-state index in [1.165, 1.54) is 11.8 Å². The molecule has 3 N–H and O–H groups in total. The number of nitrogens with two attached hydrogens (primary N) is 1. The Bertz CT molecular complexity index is 371. The number of nitrogen functional groups attached to an aromatic ring is 1. The quantitative estimate of drug-likeness (QED) is 0.582. The molecule has 1 aromatic rings. The molecular formula is C12H23N5S. The molecule has 0 saturated carbocycles. The summed E-state index contributed by atoms with van der Waals surface area (Å²) in [4.78, 5) is 10.8. The second-order valence-electron chi connectivity index (χ2n) is 4.33. The first-order valence-corrected chi connectivity index (χ1v) is 7.42. The standard InChI is InChI=1S/C12H23N5S/c1-5-9(2)17(3)7-6-14-11-8-10(13)15-12(16-11)18-4/h8-9H,5-7H2,1-4H3,(H3,13,14,15,16). The fourth-order valence-corrected chi connectivity index (χ4v) is 1.90. The van der Waals surface area contributed by atoms with Gasteiger partial charge in [0.05, 0.1) is 0 Å². The molecule has 0 fully saturated rings. The van der Waals surface area contributed by atoms with Crippen molar-refractivity contribution in [2.75, 3.05) is 37.4 Å². The third kappa shape index (κ3) is 4.70. The average Bonchev–Trinajstić information content (AvgIpc) is 2.36. The Hall–Kier alpha value is -1.01. The van der Waals surface area contributed by atoms with Crippen LogP contribution in [-0.2, 0) is 0 Å². The Morgan fingerprint density at radius 2 is 2.22 bits per heavy atom. The number of thioether (sulfide) groups is 1. The SMILES string of the molecule is CCC(C)N(C)CCNc1cc(N)nc(SC)n1. The van der Waals surface area contributed by atoms with E-state index in [-0.39, 0.29) is 0 Å². The van der Waals surface area contributed by atoms with Gasteiger partial charge in [-0.1, -0.05) is 18.7 Å². The van der Waals surface area contributed by atoms with E-state index < -0.39 is 0 Å². The maximum absolute atomic E-state index is 5.72. The molecule has 1 heterocycles. The van der Waals surface area contributed by atoms with Gasteiger partial charge in [0.25, 0.3) is 0 Å². The summed E-state index contributed by atoms with van der Waals surface area (Å²) >= 11 is 1.49. The lowest BCUT2D eigenvalue weighted by molar-refractivity contribution is 0.261. The van der Waals surface area contributed by atoms with E-state index in [9.17, 15) is 0 Å².